The van der Waals surface area contributed by atoms with E-state index < -0.39 is 0 Å². The topological polar surface area (TPSA) is 63.7 Å². The van der Waals surface area contributed by atoms with E-state index >= 15 is 0 Å². The van der Waals surface area contributed by atoms with Crippen LogP contribution >= 0.6 is 23.2 Å². The summed E-state index contributed by atoms with van der Waals surface area (Å²) < 4.78 is 10.4. The Bertz CT molecular complexity index is 766. The maximum Gasteiger partial charge on any atom is 0.256 e. The number of carbonyl (C=O) groups is 1. The van der Waals surface area contributed by atoms with Crippen molar-refractivity contribution >= 4 is 40.6 Å². The third kappa shape index (κ3) is 4.01. The molecule has 2 rings (SSSR count). The van der Waals surface area contributed by atoms with Crippen molar-refractivity contribution in [2.45, 2.75) is 0 Å². The minimum atomic E-state index is -0.356. The fraction of sp³-hybridized carbons (Fsp3) is 0.250. The zero-order chi connectivity index (χ0) is 17.9. The van der Waals surface area contributed by atoms with Crippen molar-refractivity contribution in [3.63, 3.8) is 0 Å². The van der Waals surface area contributed by atoms with Crippen molar-refractivity contribution in [2.75, 3.05) is 38.5 Å². The first-order valence-electron chi connectivity index (χ1n) is 6.93. The van der Waals surface area contributed by atoms with E-state index in [0.29, 0.717) is 33.6 Å². The van der Waals surface area contributed by atoms with Gasteiger partial charge in [0, 0.05) is 31.8 Å². The fourth-order valence-electron chi connectivity index (χ4n) is 2.00. The summed E-state index contributed by atoms with van der Waals surface area (Å²) in [6.45, 7) is 0. The average molecular weight is 370 g/mol. The Hall–Kier alpha value is -2.18. The second-order valence-corrected chi connectivity index (χ2v) is 5.87. The molecule has 0 aliphatic rings. The van der Waals surface area contributed by atoms with E-state index in [-0.39, 0.29) is 11.1 Å². The molecular weight excluding hydrogens is 353 g/mol. The molecule has 2 aromatic rings. The number of hydrogen-bond acceptors (Lipinski definition) is 5. The molecule has 0 atom stereocenters. The highest BCUT2D eigenvalue weighted by Gasteiger charge is 2.15. The van der Waals surface area contributed by atoms with Crippen LogP contribution in [0.5, 0.6) is 11.5 Å². The summed E-state index contributed by atoms with van der Waals surface area (Å²) in [5.74, 6) is 1.06. The smallest absolute Gasteiger partial charge is 0.256 e. The molecule has 8 heteroatoms. The molecule has 24 heavy (non-hydrogen) atoms. The summed E-state index contributed by atoms with van der Waals surface area (Å²) >= 11 is 12.0. The first-order valence-corrected chi connectivity index (χ1v) is 7.69. The highest BCUT2D eigenvalue weighted by Crippen LogP contribution is 2.36. The van der Waals surface area contributed by atoms with E-state index in [0.717, 1.165) is 0 Å². The zero-order valence-electron chi connectivity index (χ0n) is 13.7. The Morgan fingerprint density at radius 1 is 1.08 bits per heavy atom. The predicted octanol–water partition coefficient (Wildman–Crippen LogP) is 3.72. The number of rotatable bonds is 5. The van der Waals surface area contributed by atoms with Crippen molar-refractivity contribution in [2.24, 2.45) is 0 Å². The van der Waals surface area contributed by atoms with Crippen LogP contribution in [0, 0.1) is 0 Å². The van der Waals surface area contributed by atoms with Gasteiger partial charge in [-0.3, -0.25) is 4.79 Å². The number of halogens is 2. The highest BCUT2D eigenvalue weighted by atomic mass is 35.5. The van der Waals surface area contributed by atoms with Gasteiger partial charge in [-0.05, 0) is 12.1 Å². The number of hydrogen-bond donors (Lipinski definition) is 1. The van der Waals surface area contributed by atoms with Gasteiger partial charge in [0.2, 0.25) is 0 Å². The van der Waals surface area contributed by atoms with Crippen LogP contribution in [0.3, 0.4) is 0 Å². The lowest BCUT2D eigenvalue weighted by atomic mass is 10.2. The van der Waals surface area contributed by atoms with Crippen molar-refractivity contribution < 1.29 is 14.3 Å². The minimum absolute atomic E-state index is 0.229. The van der Waals surface area contributed by atoms with Crippen LogP contribution in [0.1, 0.15) is 10.4 Å². The lowest BCUT2D eigenvalue weighted by molar-refractivity contribution is 0.102. The van der Waals surface area contributed by atoms with Gasteiger partial charge in [0.15, 0.2) is 0 Å². The molecule has 1 amide bonds. The summed E-state index contributed by atoms with van der Waals surface area (Å²) in [4.78, 5) is 18.5. The molecule has 0 saturated carbocycles. The summed E-state index contributed by atoms with van der Waals surface area (Å²) in [5.41, 5.74) is 0.803. The standard InChI is InChI=1S/C16H17Cl2N3O3/c1-21(2)15-6-9(5-14(18)20-15)16(22)19-11-8-12(23-3)10(17)7-13(11)24-4/h5-8H,1-4H3,(H,19,22). The number of aromatic nitrogens is 1. The first-order chi connectivity index (χ1) is 11.3. The SMILES string of the molecule is COc1cc(NC(=O)c2cc(Cl)nc(N(C)C)c2)c(OC)cc1Cl. The molecule has 0 aliphatic carbocycles. The number of methoxy groups -OCH3 is 2. The van der Waals surface area contributed by atoms with Crippen molar-refractivity contribution in [1.29, 1.82) is 0 Å². The van der Waals surface area contributed by atoms with Crippen LogP contribution in [0.25, 0.3) is 0 Å². The number of anilines is 2. The number of amides is 1. The second kappa shape index (κ2) is 7.59. The van der Waals surface area contributed by atoms with Gasteiger partial charge in [0.1, 0.15) is 22.5 Å². The lowest BCUT2D eigenvalue weighted by Gasteiger charge is -2.15. The van der Waals surface area contributed by atoms with Gasteiger partial charge in [0.05, 0.1) is 24.9 Å². The van der Waals surface area contributed by atoms with Crippen LogP contribution in [0.15, 0.2) is 24.3 Å². The highest BCUT2D eigenvalue weighted by molar-refractivity contribution is 6.32. The molecular formula is C16H17Cl2N3O3. The third-order valence-electron chi connectivity index (χ3n) is 3.22. The monoisotopic (exact) mass is 369 g/mol. The van der Waals surface area contributed by atoms with E-state index in [2.05, 4.69) is 10.3 Å². The molecule has 0 fully saturated rings. The van der Waals surface area contributed by atoms with Gasteiger partial charge in [-0.25, -0.2) is 4.98 Å². The Morgan fingerprint density at radius 2 is 1.75 bits per heavy atom. The third-order valence-corrected chi connectivity index (χ3v) is 3.71. The normalized spacial score (nSPS) is 10.2. The van der Waals surface area contributed by atoms with Gasteiger partial charge in [0.25, 0.3) is 5.91 Å². The fourth-order valence-corrected chi connectivity index (χ4v) is 2.43. The summed E-state index contributed by atoms with van der Waals surface area (Å²) in [6.07, 6.45) is 0. The molecule has 1 N–H and O–H groups in total. The minimum Gasteiger partial charge on any atom is -0.495 e. The van der Waals surface area contributed by atoms with E-state index in [1.165, 1.54) is 20.3 Å². The summed E-state index contributed by atoms with van der Waals surface area (Å²) in [6, 6.07) is 6.29. The van der Waals surface area contributed by atoms with E-state index in [1.807, 2.05) is 14.1 Å². The molecule has 1 heterocycles. The molecule has 0 spiro atoms. The largest absolute Gasteiger partial charge is 0.495 e. The Kier molecular flexibility index (Phi) is 5.75. The quantitative estimate of drug-likeness (QED) is 0.813. The van der Waals surface area contributed by atoms with Crippen molar-refractivity contribution in [3.05, 3.63) is 40.0 Å². The number of pyridine rings is 1. The first kappa shape index (κ1) is 18.2. The van der Waals surface area contributed by atoms with Crippen molar-refractivity contribution in [1.82, 2.24) is 4.98 Å². The van der Waals surface area contributed by atoms with Crippen LogP contribution < -0.4 is 19.7 Å². The summed E-state index contributed by atoms with van der Waals surface area (Å²) in [5, 5.41) is 3.38. The molecule has 0 aliphatic heterocycles. The van der Waals surface area contributed by atoms with Gasteiger partial charge < -0.3 is 19.7 Å². The molecule has 6 nitrogen and oxygen atoms in total. The molecule has 1 aromatic carbocycles. The molecule has 128 valence electrons. The molecule has 0 unspecified atom stereocenters. The van der Waals surface area contributed by atoms with Crippen LogP contribution in [0.4, 0.5) is 11.5 Å². The van der Waals surface area contributed by atoms with E-state index in [4.69, 9.17) is 32.7 Å². The second-order valence-electron chi connectivity index (χ2n) is 5.07. The van der Waals surface area contributed by atoms with Gasteiger partial charge in [-0.2, -0.15) is 0 Å². The Morgan fingerprint density at radius 3 is 2.33 bits per heavy atom. The van der Waals surface area contributed by atoms with E-state index in [9.17, 15) is 4.79 Å². The Balaban J connectivity index is 2.36. The average Bonchev–Trinajstić information content (AvgIpc) is 2.55. The maximum atomic E-state index is 12.5. The molecule has 0 saturated heterocycles. The van der Waals surface area contributed by atoms with Gasteiger partial charge >= 0.3 is 0 Å². The van der Waals surface area contributed by atoms with Crippen LogP contribution in [-0.4, -0.2) is 39.2 Å². The number of nitrogens with one attached hydrogen (secondary N) is 1. The predicted molar refractivity (Wildman–Crippen MR) is 96.1 cm³/mol. The zero-order valence-corrected chi connectivity index (χ0v) is 15.2. The Labute approximate surface area is 150 Å². The van der Waals surface area contributed by atoms with Crippen LogP contribution in [-0.2, 0) is 0 Å². The number of benzene rings is 1. The van der Waals surface area contributed by atoms with Crippen LogP contribution in [0.2, 0.25) is 10.2 Å². The van der Waals surface area contributed by atoms with Gasteiger partial charge in [-0.1, -0.05) is 23.2 Å². The van der Waals surface area contributed by atoms with Gasteiger partial charge in [-0.15, -0.1) is 0 Å². The molecule has 0 bridgehead atoms. The number of carbonyl (C=O) groups excluding carboxylic acids is 1. The lowest BCUT2D eigenvalue weighted by Crippen LogP contribution is -2.16. The summed E-state index contributed by atoms with van der Waals surface area (Å²) in [7, 11) is 6.60. The maximum absolute atomic E-state index is 12.5. The molecule has 0 radical (unpaired) electrons. The van der Waals surface area contributed by atoms with Crippen molar-refractivity contribution in [3.8, 4) is 11.5 Å². The molecule has 1 aromatic heterocycles. The number of nitrogens with zero attached hydrogens (tertiary/aromatic N) is 2. The number of ether oxygens (including phenoxy) is 2. The van der Waals surface area contributed by atoms with E-state index in [1.54, 1.807) is 23.1 Å².